The summed E-state index contributed by atoms with van der Waals surface area (Å²) in [7, 11) is 0. The Morgan fingerprint density at radius 2 is 2.00 bits per heavy atom. The lowest BCUT2D eigenvalue weighted by Gasteiger charge is -2.12. The van der Waals surface area contributed by atoms with Crippen molar-refractivity contribution in [2.24, 2.45) is 5.73 Å². The van der Waals surface area contributed by atoms with Gasteiger partial charge in [-0.05, 0) is 42.8 Å². The van der Waals surface area contributed by atoms with Gasteiger partial charge in [-0.2, -0.15) is 0 Å². The fraction of sp³-hybridized carbons (Fsp3) is 0.105. The number of aryl methyl sites for hydroxylation is 1. The first-order valence-corrected chi connectivity index (χ1v) is 8.20. The summed E-state index contributed by atoms with van der Waals surface area (Å²) in [6.45, 7) is 1.50. The Bertz CT molecular complexity index is 1000. The van der Waals surface area contributed by atoms with Gasteiger partial charge in [-0.25, -0.2) is 0 Å². The average molecular weight is 370 g/mol. The van der Waals surface area contributed by atoms with Crippen molar-refractivity contribution in [2.75, 3.05) is 11.9 Å². The van der Waals surface area contributed by atoms with E-state index >= 15 is 0 Å². The number of aromatic nitrogens is 1. The Hall–Kier alpha value is -3.12. The number of rotatable bonds is 5. The first-order valence-electron chi connectivity index (χ1n) is 7.82. The van der Waals surface area contributed by atoms with E-state index in [1.54, 1.807) is 49.5 Å². The second-order valence-electron chi connectivity index (χ2n) is 5.64. The van der Waals surface area contributed by atoms with Crippen LogP contribution in [0.3, 0.4) is 0 Å². The zero-order chi connectivity index (χ0) is 18.7. The number of anilines is 1. The molecular formula is C19H16ClN3O3. The summed E-state index contributed by atoms with van der Waals surface area (Å²) in [5, 5.41) is 3.94. The molecule has 1 aromatic heterocycles. The van der Waals surface area contributed by atoms with E-state index in [0.29, 0.717) is 27.5 Å². The molecule has 3 aromatic rings. The quantitative estimate of drug-likeness (QED) is 0.721. The van der Waals surface area contributed by atoms with Gasteiger partial charge in [0.05, 0.1) is 16.3 Å². The predicted octanol–water partition coefficient (Wildman–Crippen LogP) is 3.31. The lowest BCUT2D eigenvalue weighted by atomic mass is 10.1. The van der Waals surface area contributed by atoms with Crippen LogP contribution in [0.4, 0.5) is 5.69 Å². The van der Waals surface area contributed by atoms with Gasteiger partial charge < -0.3 is 15.8 Å². The van der Waals surface area contributed by atoms with Crippen molar-refractivity contribution in [3.05, 3.63) is 64.8 Å². The van der Waals surface area contributed by atoms with Crippen molar-refractivity contribution in [3.63, 3.8) is 0 Å². The number of nitrogens with zero attached hydrogens (tertiary/aromatic N) is 1. The van der Waals surface area contributed by atoms with Crippen LogP contribution in [0.5, 0.6) is 5.75 Å². The van der Waals surface area contributed by atoms with Crippen molar-refractivity contribution < 1.29 is 14.3 Å². The maximum Gasteiger partial charge on any atom is 0.262 e. The molecule has 0 unspecified atom stereocenters. The Morgan fingerprint density at radius 3 is 2.77 bits per heavy atom. The van der Waals surface area contributed by atoms with E-state index in [2.05, 4.69) is 10.3 Å². The van der Waals surface area contributed by atoms with Crippen LogP contribution < -0.4 is 15.8 Å². The third kappa shape index (κ3) is 3.60. The molecular weight excluding hydrogens is 354 g/mol. The molecule has 0 atom stereocenters. The number of hydrogen-bond donors (Lipinski definition) is 2. The molecule has 132 valence electrons. The number of nitrogens with two attached hydrogens (primary N) is 1. The number of nitrogens with one attached hydrogen (secondary N) is 1. The van der Waals surface area contributed by atoms with Gasteiger partial charge in [0.1, 0.15) is 11.3 Å². The van der Waals surface area contributed by atoms with Crippen LogP contribution >= 0.6 is 11.6 Å². The number of carbonyl (C=O) groups excluding carboxylic acids is 2. The van der Waals surface area contributed by atoms with Crippen molar-refractivity contribution in [3.8, 4) is 5.75 Å². The first kappa shape index (κ1) is 17.7. The minimum absolute atomic E-state index is 0.251. The topological polar surface area (TPSA) is 94.3 Å². The molecule has 0 saturated heterocycles. The molecule has 0 bridgehead atoms. The molecule has 0 fully saturated rings. The molecule has 6 nitrogen and oxygen atoms in total. The number of benzene rings is 2. The minimum atomic E-state index is -0.604. The summed E-state index contributed by atoms with van der Waals surface area (Å²) in [6, 6.07) is 12.0. The summed E-state index contributed by atoms with van der Waals surface area (Å²) >= 11 is 6.14. The Kier molecular flexibility index (Phi) is 5.04. The SMILES string of the molecule is Cc1cccc(NC(=O)COc2ccc(Cl)c3cccnc23)c1C(N)=O. The number of ether oxygens (including phenoxy) is 1. The van der Waals surface area contributed by atoms with E-state index in [-0.39, 0.29) is 12.2 Å². The van der Waals surface area contributed by atoms with Crippen LogP contribution in [-0.2, 0) is 4.79 Å². The molecule has 2 amide bonds. The Morgan fingerprint density at radius 1 is 1.19 bits per heavy atom. The van der Waals surface area contributed by atoms with Crippen molar-refractivity contribution in [1.29, 1.82) is 0 Å². The Labute approximate surface area is 154 Å². The molecule has 0 aliphatic carbocycles. The number of pyridine rings is 1. The Balaban J connectivity index is 1.76. The van der Waals surface area contributed by atoms with Crippen LogP contribution in [0.15, 0.2) is 48.7 Å². The molecule has 0 radical (unpaired) electrons. The molecule has 3 N–H and O–H groups in total. The third-order valence-electron chi connectivity index (χ3n) is 3.83. The number of fused-ring (bicyclic) bond motifs is 1. The molecule has 2 aromatic carbocycles. The average Bonchev–Trinajstić information content (AvgIpc) is 2.61. The monoisotopic (exact) mass is 369 g/mol. The predicted molar refractivity (Wildman–Crippen MR) is 101 cm³/mol. The standard InChI is InChI=1S/C19H16ClN3O3/c1-11-4-2-6-14(17(11)19(21)25)23-16(24)10-26-15-8-7-13(20)12-5-3-9-22-18(12)15/h2-9H,10H2,1H3,(H2,21,25)(H,23,24). The molecule has 0 aliphatic heterocycles. The summed E-state index contributed by atoms with van der Waals surface area (Å²) in [6.07, 6.45) is 1.62. The van der Waals surface area contributed by atoms with Gasteiger partial charge in [0.15, 0.2) is 6.61 Å². The maximum atomic E-state index is 12.2. The summed E-state index contributed by atoms with van der Waals surface area (Å²) < 4.78 is 5.59. The lowest BCUT2D eigenvalue weighted by molar-refractivity contribution is -0.118. The molecule has 0 saturated carbocycles. The smallest absolute Gasteiger partial charge is 0.262 e. The van der Waals surface area contributed by atoms with E-state index < -0.39 is 11.8 Å². The highest BCUT2D eigenvalue weighted by molar-refractivity contribution is 6.35. The third-order valence-corrected chi connectivity index (χ3v) is 4.16. The number of hydrogen-bond acceptors (Lipinski definition) is 4. The number of amides is 2. The summed E-state index contributed by atoms with van der Waals surface area (Å²) in [4.78, 5) is 28.1. The number of primary amides is 1. The van der Waals surface area contributed by atoms with Crippen LogP contribution in [-0.4, -0.2) is 23.4 Å². The van der Waals surface area contributed by atoms with Crippen LogP contribution in [0, 0.1) is 6.92 Å². The van der Waals surface area contributed by atoms with Gasteiger partial charge in [-0.15, -0.1) is 0 Å². The minimum Gasteiger partial charge on any atom is -0.481 e. The van der Waals surface area contributed by atoms with Crippen molar-refractivity contribution in [2.45, 2.75) is 6.92 Å². The van der Waals surface area contributed by atoms with Gasteiger partial charge in [-0.1, -0.05) is 23.7 Å². The van der Waals surface area contributed by atoms with Gasteiger partial charge in [0.2, 0.25) is 0 Å². The normalized spacial score (nSPS) is 10.5. The van der Waals surface area contributed by atoms with E-state index in [9.17, 15) is 9.59 Å². The lowest BCUT2D eigenvalue weighted by Crippen LogP contribution is -2.23. The van der Waals surface area contributed by atoms with Crippen molar-refractivity contribution in [1.82, 2.24) is 4.98 Å². The van der Waals surface area contributed by atoms with Gasteiger partial charge in [0, 0.05) is 11.6 Å². The maximum absolute atomic E-state index is 12.2. The molecule has 0 spiro atoms. The van der Waals surface area contributed by atoms with E-state index in [1.807, 2.05) is 6.07 Å². The molecule has 26 heavy (non-hydrogen) atoms. The number of carbonyl (C=O) groups is 2. The van der Waals surface area contributed by atoms with Gasteiger partial charge >= 0.3 is 0 Å². The van der Waals surface area contributed by atoms with Gasteiger partial charge in [0.25, 0.3) is 11.8 Å². The molecule has 0 aliphatic rings. The summed E-state index contributed by atoms with van der Waals surface area (Å²) in [5.41, 5.74) is 7.27. The fourth-order valence-corrected chi connectivity index (χ4v) is 2.87. The van der Waals surface area contributed by atoms with E-state index in [0.717, 1.165) is 5.39 Å². The zero-order valence-electron chi connectivity index (χ0n) is 14.0. The molecule has 7 heteroatoms. The fourth-order valence-electron chi connectivity index (χ4n) is 2.66. The van der Waals surface area contributed by atoms with Gasteiger partial charge in [-0.3, -0.25) is 14.6 Å². The highest BCUT2D eigenvalue weighted by Gasteiger charge is 2.14. The zero-order valence-corrected chi connectivity index (χ0v) is 14.7. The second kappa shape index (κ2) is 7.41. The van der Waals surface area contributed by atoms with Crippen LogP contribution in [0.1, 0.15) is 15.9 Å². The van der Waals surface area contributed by atoms with E-state index in [1.165, 1.54) is 0 Å². The largest absolute Gasteiger partial charge is 0.481 e. The number of halogens is 1. The second-order valence-corrected chi connectivity index (χ2v) is 6.05. The van der Waals surface area contributed by atoms with E-state index in [4.69, 9.17) is 22.1 Å². The highest BCUT2D eigenvalue weighted by Crippen LogP contribution is 2.29. The molecule has 3 rings (SSSR count). The summed E-state index contributed by atoms with van der Waals surface area (Å²) in [5.74, 6) is -0.580. The van der Waals surface area contributed by atoms with Crippen LogP contribution in [0.2, 0.25) is 5.02 Å². The van der Waals surface area contributed by atoms with Crippen LogP contribution in [0.25, 0.3) is 10.9 Å². The molecule has 1 heterocycles. The van der Waals surface area contributed by atoms with Crippen molar-refractivity contribution >= 4 is 40.0 Å². The first-order chi connectivity index (χ1) is 12.5. The highest BCUT2D eigenvalue weighted by atomic mass is 35.5.